The van der Waals surface area contributed by atoms with E-state index in [0.29, 0.717) is 5.02 Å². The van der Waals surface area contributed by atoms with Gasteiger partial charge in [-0.3, -0.25) is 0 Å². The summed E-state index contributed by atoms with van der Waals surface area (Å²) in [5, 5.41) is 9.94. The first-order chi connectivity index (χ1) is 30.8. The van der Waals surface area contributed by atoms with Crippen LogP contribution < -0.4 is 0 Å². The van der Waals surface area contributed by atoms with Crippen molar-refractivity contribution in [3.05, 3.63) is 214 Å². The van der Waals surface area contributed by atoms with Gasteiger partial charge in [0, 0.05) is 32.5 Å². The van der Waals surface area contributed by atoms with Crippen LogP contribution in [-0.2, 0) is 5.41 Å². The van der Waals surface area contributed by atoms with E-state index in [0.717, 1.165) is 47.8 Å². The van der Waals surface area contributed by atoms with Gasteiger partial charge in [-0.15, -0.1) is 0 Å². The van der Waals surface area contributed by atoms with Crippen LogP contribution in [0.25, 0.3) is 110 Å². The van der Waals surface area contributed by atoms with Crippen molar-refractivity contribution in [2.24, 2.45) is 0 Å². The van der Waals surface area contributed by atoms with E-state index < -0.39 is 0 Å². The van der Waals surface area contributed by atoms with Gasteiger partial charge in [-0.05, 0) is 143 Å². The topological polar surface area (TPSA) is 26.3 Å². The van der Waals surface area contributed by atoms with E-state index in [1.54, 1.807) is 0 Å². The highest BCUT2D eigenvalue weighted by Crippen LogP contribution is 2.50. The van der Waals surface area contributed by atoms with Crippen molar-refractivity contribution in [3.63, 3.8) is 0 Å². The maximum atomic E-state index is 6.77. The second-order valence-electron chi connectivity index (χ2n) is 17.1. The molecule has 0 unspecified atom stereocenters. The molecule has 2 nitrogen and oxygen atoms in total. The standard InChI is InChI=1S/C31H21ClO.C28H17IO/c1-31(2)26-10-6-5-9-22(26)23-12-11-20(15-27(23)31)21-14-25-24-13-18-7-3-4-8-19(18)17-29(24)33-30(25)28(32)16-21;29-25-17-21(18-9-3-1-4-10-18)16-23-24-15-20-13-7-8-14-22(20)26(28(24)30-27(23)25)19-11-5-2-6-12-19/h3-17H,1-2H3;1-17H. The van der Waals surface area contributed by atoms with Gasteiger partial charge in [0.2, 0.25) is 0 Å². The number of halogens is 2. The second kappa shape index (κ2) is 14.7. The monoisotopic (exact) mass is 940 g/mol. The van der Waals surface area contributed by atoms with Crippen molar-refractivity contribution in [2.45, 2.75) is 19.3 Å². The van der Waals surface area contributed by atoms with Crippen LogP contribution in [0.5, 0.6) is 0 Å². The van der Waals surface area contributed by atoms with Crippen molar-refractivity contribution in [2.75, 3.05) is 0 Å². The highest BCUT2D eigenvalue weighted by molar-refractivity contribution is 14.1. The summed E-state index contributed by atoms with van der Waals surface area (Å²) in [7, 11) is 0. The molecule has 0 saturated carbocycles. The molecule has 0 bridgehead atoms. The van der Waals surface area contributed by atoms with Gasteiger partial charge >= 0.3 is 0 Å². The fraction of sp³-hybridized carbons (Fsp3) is 0.0508. The van der Waals surface area contributed by atoms with Gasteiger partial charge in [0.05, 0.1) is 8.59 Å². The summed E-state index contributed by atoms with van der Waals surface area (Å²) in [6.45, 7) is 4.62. The van der Waals surface area contributed by atoms with E-state index in [9.17, 15) is 0 Å². The van der Waals surface area contributed by atoms with Crippen LogP contribution in [0.3, 0.4) is 0 Å². The molecule has 0 saturated heterocycles. The molecular formula is C59H38ClIO2. The lowest BCUT2D eigenvalue weighted by Gasteiger charge is -2.22. The van der Waals surface area contributed by atoms with Gasteiger partial charge in [0.1, 0.15) is 16.7 Å². The van der Waals surface area contributed by atoms with Gasteiger partial charge in [-0.1, -0.05) is 171 Å². The van der Waals surface area contributed by atoms with E-state index in [-0.39, 0.29) is 5.41 Å². The number of benzene rings is 10. The second-order valence-corrected chi connectivity index (χ2v) is 18.7. The Balaban J connectivity index is 0.000000134. The molecule has 10 aromatic carbocycles. The first kappa shape index (κ1) is 38.0. The zero-order valence-corrected chi connectivity index (χ0v) is 37.5. The zero-order chi connectivity index (χ0) is 42.4. The summed E-state index contributed by atoms with van der Waals surface area (Å²) in [4.78, 5) is 0. The predicted molar refractivity (Wildman–Crippen MR) is 274 cm³/mol. The van der Waals surface area contributed by atoms with E-state index >= 15 is 0 Å². The van der Waals surface area contributed by atoms with Crippen molar-refractivity contribution < 1.29 is 8.83 Å². The third-order valence-electron chi connectivity index (χ3n) is 13.0. The minimum absolute atomic E-state index is 0.0307. The minimum atomic E-state index is -0.0307. The van der Waals surface area contributed by atoms with Crippen molar-refractivity contribution in [3.8, 4) is 44.5 Å². The first-order valence-electron chi connectivity index (χ1n) is 21.3. The van der Waals surface area contributed by atoms with Crippen LogP contribution in [0.1, 0.15) is 25.0 Å². The molecule has 0 radical (unpaired) electrons. The van der Waals surface area contributed by atoms with E-state index in [1.807, 2.05) is 6.07 Å². The highest BCUT2D eigenvalue weighted by atomic mass is 127. The Labute approximate surface area is 383 Å². The van der Waals surface area contributed by atoms with Crippen molar-refractivity contribution >= 4 is 99.6 Å². The lowest BCUT2D eigenvalue weighted by Crippen LogP contribution is -2.14. The van der Waals surface area contributed by atoms with Gasteiger partial charge in [0.25, 0.3) is 0 Å². The molecule has 2 aromatic heterocycles. The number of hydrogen-bond acceptors (Lipinski definition) is 2. The normalized spacial score (nSPS) is 12.9. The average molecular weight is 941 g/mol. The smallest absolute Gasteiger partial charge is 0.154 e. The van der Waals surface area contributed by atoms with Crippen LogP contribution in [0.4, 0.5) is 0 Å². The van der Waals surface area contributed by atoms with Crippen LogP contribution >= 0.6 is 34.2 Å². The van der Waals surface area contributed by atoms with E-state index in [4.69, 9.17) is 20.4 Å². The lowest BCUT2D eigenvalue weighted by atomic mass is 9.81. The Morgan fingerprint density at radius 2 is 0.984 bits per heavy atom. The molecule has 1 aliphatic rings. The molecule has 0 N–H and O–H groups in total. The number of fused-ring (bicyclic) bond motifs is 11. The molecule has 0 aliphatic heterocycles. The average Bonchev–Trinajstić information content (AvgIpc) is 3.95. The summed E-state index contributed by atoms with van der Waals surface area (Å²) in [5.74, 6) is 0. The van der Waals surface area contributed by atoms with E-state index in [1.165, 1.54) is 76.8 Å². The first-order valence-corrected chi connectivity index (χ1v) is 22.7. The Morgan fingerprint density at radius 1 is 0.397 bits per heavy atom. The molecule has 4 heteroatoms. The van der Waals surface area contributed by atoms with Gasteiger partial charge in [0.15, 0.2) is 5.58 Å². The lowest BCUT2D eigenvalue weighted by molar-refractivity contribution is 0.660. The van der Waals surface area contributed by atoms with Crippen LogP contribution in [0.2, 0.25) is 5.02 Å². The predicted octanol–water partition coefficient (Wildman–Crippen LogP) is 18.0. The molecule has 2 heterocycles. The molecule has 1 aliphatic carbocycles. The quantitative estimate of drug-likeness (QED) is 0.165. The van der Waals surface area contributed by atoms with Crippen molar-refractivity contribution in [1.29, 1.82) is 0 Å². The maximum absolute atomic E-state index is 6.77. The van der Waals surface area contributed by atoms with Gasteiger partial charge in [-0.25, -0.2) is 0 Å². The molecule has 13 rings (SSSR count). The SMILES string of the molecule is CC1(C)c2ccccc2-c2ccc(-c3cc(Cl)c4oc5cc6ccccc6cc5c4c3)cc21.Ic1cc(-c2ccccc2)cc2c1oc1c(-c3ccccc3)c3ccccc3cc12. The van der Waals surface area contributed by atoms with Crippen molar-refractivity contribution in [1.82, 2.24) is 0 Å². The Kier molecular flexibility index (Phi) is 8.89. The minimum Gasteiger partial charge on any atom is -0.454 e. The molecule has 0 amide bonds. The largest absolute Gasteiger partial charge is 0.454 e. The Bertz CT molecular complexity index is 3780. The summed E-state index contributed by atoms with van der Waals surface area (Å²) >= 11 is 9.17. The Morgan fingerprint density at radius 3 is 1.76 bits per heavy atom. The third kappa shape index (κ3) is 6.20. The molecule has 300 valence electrons. The summed E-state index contributed by atoms with van der Waals surface area (Å²) in [6, 6.07) is 68.9. The molecule has 0 atom stereocenters. The maximum Gasteiger partial charge on any atom is 0.154 e. The summed E-state index contributed by atoms with van der Waals surface area (Å²) < 4.78 is 13.9. The van der Waals surface area contributed by atoms with Crippen LogP contribution in [-0.4, -0.2) is 0 Å². The van der Waals surface area contributed by atoms with Gasteiger partial charge in [-0.2, -0.15) is 0 Å². The summed E-state index contributed by atoms with van der Waals surface area (Å²) in [5.41, 5.74) is 16.0. The number of rotatable bonds is 3. The molecule has 0 spiro atoms. The third-order valence-corrected chi connectivity index (χ3v) is 14.1. The number of hydrogen-bond donors (Lipinski definition) is 0. The summed E-state index contributed by atoms with van der Waals surface area (Å²) in [6.07, 6.45) is 0. The van der Waals surface area contributed by atoms with E-state index in [2.05, 4.69) is 224 Å². The molecular weight excluding hydrogens is 903 g/mol. The van der Waals surface area contributed by atoms with Gasteiger partial charge < -0.3 is 8.83 Å². The number of furan rings is 2. The van der Waals surface area contributed by atoms with Crippen LogP contribution in [0.15, 0.2) is 203 Å². The zero-order valence-electron chi connectivity index (χ0n) is 34.5. The highest BCUT2D eigenvalue weighted by Gasteiger charge is 2.35. The van der Waals surface area contributed by atoms with Crippen LogP contribution in [0, 0.1) is 3.57 Å². The molecule has 63 heavy (non-hydrogen) atoms. The fourth-order valence-electron chi connectivity index (χ4n) is 9.89. The Hall–Kier alpha value is -6.66. The fourth-order valence-corrected chi connectivity index (χ4v) is 10.9. The molecule has 12 aromatic rings. The molecule has 0 fully saturated rings.